The van der Waals surface area contributed by atoms with Gasteiger partial charge in [0, 0.05) is 29.3 Å². The summed E-state index contributed by atoms with van der Waals surface area (Å²) in [5.74, 6) is 1.73. The molecule has 0 bridgehead atoms. The van der Waals surface area contributed by atoms with E-state index in [1.165, 1.54) is 0 Å². The van der Waals surface area contributed by atoms with Crippen LogP contribution in [-0.4, -0.2) is 32.7 Å². The summed E-state index contributed by atoms with van der Waals surface area (Å²) in [4.78, 5) is 9.86. The molecule has 2 aromatic carbocycles. The Labute approximate surface area is 232 Å². The molecule has 0 unspecified atom stereocenters. The van der Waals surface area contributed by atoms with Gasteiger partial charge in [-0.25, -0.2) is 18.4 Å². The lowest BCUT2D eigenvalue weighted by Gasteiger charge is -2.14. The summed E-state index contributed by atoms with van der Waals surface area (Å²) in [6, 6.07) is 17.1. The molecular formula is C30H30N6O3S. The van der Waals surface area contributed by atoms with Crippen LogP contribution in [0, 0.1) is 27.7 Å². The van der Waals surface area contributed by atoms with E-state index in [0.717, 1.165) is 51.1 Å². The summed E-state index contributed by atoms with van der Waals surface area (Å²) in [7, 11) is -3.95. The van der Waals surface area contributed by atoms with Crippen molar-refractivity contribution in [1.29, 1.82) is 0 Å². The number of hydrogen-bond donors (Lipinski definition) is 1. The van der Waals surface area contributed by atoms with Gasteiger partial charge < -0.3 is 13.7 Å². The molecule has 0 aliphatic heterocycles. The van der Waals surface area contributed by atoms with E-state index in [4.69, 9.17) is 14.5 Å². The molecule has 4 heterocycles. The van der Waals surface area contributed by atoms with Crippen molar-refractivity contribution in [3.05, 3.63) is 94.8 Å². The van der Waals surface area contributed by atoms with E-state index < -0.39 is 10.0 Å². The van der Waals surface area contributed by atoms with Gasteiger partial charge in [0.25, 0.3) is 10.0 Å². The van der Waals surface area contributed by atoms with Crippen LogP contribution in [0.4, 0.5) is 5.82 Å². The van der Waals surface area contributed by atoms with Crippen LogP contribution < -0.4 is 4.72 Å². The second kappa shape index (κ2) is 9.63. The second-order valence-corrected chi connectivity index (χ2v) is 11.7. The van der Waals surface area contributed by atoms with Gasteiger partial charge in [-0.1, -0.05) is 36.3 Å². The molecule has 6 aromatic rings. The maximum Gasteiger partial charge on any atom is 0.265 e. The summed E-state index contributed by atoms with van der Waals surface area (Å²) in [5, 5.41) is 4.90. The number of benzene rings is 2. The largest absolute Gasteiger partial charge is 0.359 e. The number of aromatic nitrogens is 5. The zero-order valence-electron chi connectivity index (χ0n) is 23.1. The van der Waals surface area contributed by atoms with Gasteiger partial charge in [-0.05, 0) is 69.2 Å². The van der Waals surface area contributed by atoms with Crippen LogP contribution in [-0.2, 0) is 23.0 Å². The molecule has 6 rings (SSSR count). The summed E-state index contributed by atoms with van der Waals surface area (Å²) >= 11 is 0. The zero-order chi connectivity index (χ0) is 28.2. The predicted octanol–water partition coefficient (Wildman–Crippen LogP) is 6.01. The number of para-hydroxylation sites is 1. The number of hydrogen-bond acceptors (Lipinski definition) is 6. The van der Waals surface area contributed by atoms with Gasteiger partial charge in [-0.15, -0.1) is 0 Å². The zero-order valence-corrected chi connectivity index (χ0v) is 23.9. The molecule has 0 aliphatic carbocycles. The molecule has 0 aliphatic rings. The standard InChI is InChI=1S/C30H30N6O3S/c1-6-27-32-28-18(2)16-19(3)31-30(28)36(27)17-22-10-9-12-24-23(22)14-15-35(24)25-11-7-8-13-26(25)40(37,38)34-29-20(4)21(5)39-33-29/h7-16H,6,17H2,1-5H3,(H,33,34). The number of sulfonamides is 1. The Morgan fingerprint density at radius 2 is 1.77 bits per heavy atom. The first-order chi connectivity index (χ1) is 19.2. The summed E-state index contributed by atoms with van der Waals surface area (Å²) in [6.07, 6.45) is 2.70. The molecule has 204 valence electrons. The van der Waals surface area contributed by atoms with Crippen LogP contribution in [0.25, 0.3) is 27.8 Å². The number of rotatable bonds is 7. The fraction of sp³-hybridized carbons (Fsp3) is 0.233. The van der Waals surface area contributed by atoms with E-state index in [1.54, 1.807) is 32.0 Å². The van der Waals surface area contributed by atoms with Crippen LogP contribution >= 0.6 is 0 Å². The second-order valence-electron chi connectivity index (χ2n) is 10.0. The van der Waals surface area contributed by atoms with E-state index in [-0.39, 0.29) is 10.7 Å². The smallest absolute Gasteiger partial charge is 0.265 e. The van der Waals surface area contributed by atoms with E-state index in [0.29, 0.717) is 23.6 Å². The monoisotopic (exact) mass is 554 g/mol. The van der Waals surface area contributed by atoms with E-state index in [2.05, 4.69) is 40.4 Å². The lowest BCUT2D eigenvalue weighted by molar-refractivity contribution is 0.399. The minimum absolute atomic E-state index is 0.141. The van der Waals surface area contributed by atoms with Gasteiger partial charge in [-0.2, -0.15) is 0 Å². The van der Waals surface area contributed by atoms with Gasteiger partial charge in [0.1, 0.15) is 22.0 Å². The quantitative estimate of drug-likeness (QED) is 0.259. The Morgan fingerprint density at radius 3 is 2.52 bits per heavy atom. The maximum atomic E-state index is 13.5. The SMILES string of the molecule is CCc1nc2c(C)cc(C)nc2n1Cc1cccc2c1ccn2-c1ccccc1S(=O)(=O)Nc1noc(C)c1C. The number of pyridine rings is 1. The van der Waals surface area contributed by atoms with Gasteiger partial charge in [-0.3, -0.25) is 4.72 Å². The molecule has 0 fully saturated rings. The molecule has 4 aromatic heterocycles. The molecule has 9 nitrogen and oxygen atoms in total. The third-order valence-electron chi connectivity index (χ3n) is 7.37. The lowest BCUT2D eigenvalue weighted by Crippen LogP contribution is -2.16. The van der Waals surface area contributed by atoms with Crippen LogP contribution in [0.1, 0.15) is 40.9 Å². The Bertz CT molecular complexity index is 2020. The normalized spacial score (nSPS) is 12.0. The lowest BCUT2D eigenvalue weighted by atomic mass is 10.1. The van der Waals surface area contributed by atoms with Crippen molar-refractivity contribution < 1.29 is 12.9 Å². The Balaban J connectivity index is 1.44. The Hall–Kier alpha value is -4.44. The molecule has 10 heteroatoms. The fourth-order valence-corrected chi connectivity index (χ4v) is 6.47. The highest BCUT2D eigenvalue weighted by Crippen LogP contribution is 2.30. The Kier molecular flexibility index (Phi) is 6.22. The average Bonchev–Trinajstić information content (AvgIpc) is 3.61. The number of nitrogens with one attached hydrogen (secondary N) is 1. The van der Waals surface area contributed by atoms with Crippen molar-refractivity contribution in [1.82, 2.24) is 24.3 Å². The van der Waals surface area contributed by atoms with Crippen molar-refractivity contribution in [2.75, 3.05) is 4.72 Å². The molecule has 0 spiro atoms. The van der Waals surface area contributed by atoms with Crippen LogP contribution in [0.2, 0.25) is 0 Å². The Morgan fingerprint density at radius 1 is 0.975 bits per heavy atom. The highest BCUT2D eigenvalue weighted by molar-refractivity contribution is 7.92. The number of aryl methyl sites for hydroxylation is 4. The van der Waals surface area contributed by atoms with E-state index in [1.807, 2.05) is 42.0 Å². The molecular weight excluding hydrogens is 524 g/mol. The van der Waals surface area contributed by atoms with Crippen molar-refractivity contribution in [3.63, 3.8) is 0 Å². The number of nitrogens with zero attached hydrogens (tertiary/aromatic N) is 5. The topological polar surface area (TPSA) is 108 Å². The third-order valence-corrected chi connectivity index (χ3v) is 8.76. The predicted molar refractivity (Wildman–Crippen MR) is 156 cm³/mol. The number of fused-ring (bicyclic) bond motifs is 2. The minimum Gasteiger partial charge on any atom is -0.359 e. The van der Waals surface area contributed by atoms with Gasteiger partial charge in [0.05, 0.1) is 17.7 Å². The molecule has 1 N–H and O–H groups in total. The molecule has 0 saturated carbocycles. The molecule has 40 heavy (non-hydrogen) atoms. The van der Waals surface area contributed by atoms with Crippen LogP contribution in [0.5, 0.6) is 0 Å². The maximum absolute atomic E-state index is 13.5. The van der Waals surface area contributed by atoms with Crippen molar-refractivity contribution in [3.8, 4) is 5.69 Å². The fourth-order valence-electron chi connectivity index (χ4n) is 5.21. The first-order valence-electron chi connectivity index (χ1n) is 13.2. The highest BCUT2D eigenvalue weighted by atomic mass is 32.2. The number of imidazole rings is 1. The van der Waals surface area contributed by atoms with E-state index in [9.17, 15) is 8.42 Å². The van der Waals surface area contributed by atoms with Crippen molar-refractivity contribution >= 4 is 37.9 Å². The summed E-state index contributed by atoms with van der Waals surface area (Å²) < 4.78 is 38.9. The summed E-state index contributed by atoms with van der Waals surface area (Å²) in [5.41, 5.74) is 7.06. The van der Waals surface area contributed by atoms with E-state index >= 15 is 0 Å². The number of anilines is 1. The molecule has 0 amide bonds. The first-order valence-corrected chi connectivity index (χ1v) is 14.6. The van der Waals surface area contributed by atoms with Crippen LogP contribution in [0.3, 0.4) is 0 Å². The van der Waals surface area contributed by atoms with Gasteiger partial charge >= 0.3 is 0 Å². The van der Waals surface area contributed by atoms with Crippen LogP contribution in [0.15, 0.2) is 70.2 Å². The van der Waals surface area contributed by atoms with Gasteiger partial charge in [0.15, 0.2) is 11.5 Å². The average molecular weight is 555 g/mol. The van der Waals surface area contributed by atoms with Crippen molar-refractivity contribution in [2.24, 2.45) is 0 Å². The van der Waals surface area contributed by atoms with Crippen molar-refractivity contribution in [2.45, 2.75) is 52.5 Å². The molecule has 0 radical (unpaired) electrons. The third kappa shape index (κ3) is 4.24. The minimum atomic E-state index is -3.95. The first kappa shape index (κ1) is 25.8. The highest BCUT2D eigenvalue weighted by Gasteiger charge is 2.23. The summed E-state index contributed by atoms with van der Waals surface area (Å²) in [6.45, 7) is 10.3. The molecule has 0 atom stereocenters. The molecule has 0 saturated heterocycles. The van der Waals surface area contributed by atoms with Gasteiger partial charge in [0.2, 0.25) is 0 Å².